The molecule has 0 saturated carbocycles. The molecule has 21 heavy (non-hydrogen) atoms. The van der Waals surface area contributed by atoms with Crippen LogP contribution in [0.2, 0.25) is 5.02 Å². The maximum Gasteiger partial charge on any atom is 0.336 e. The summed E-state index contributed by atoms with van der Waals surface area (Å²) >= 11 is 9.33. The number of carbonyl (C=O) groups is 1. The molecule has 0 radical (unpaired) electrons. The van der Waals surface area contributed by atoms with Gasteiger partial charge in [0.25, 0.3) is 0 Å². The lowest BCUT2D eigenvalue weighted by molar-refractivity contribution is 0.0696. The fourth-order valence-corrected chi connectivity index (χ4v) is 2.85. The predicted molar refractivity (Wildman–Crippen MR) is 89.4 cm³/mol. The Labute approximate surface area is 137 Å². The number of carboxylic acid groups (broad SMARTS) is 1. The van der Waals surface area contributed by atoms with Crippen LogP contribution in [-0.4, -0.2) is 18.1 Å². The minimum Gasteiger partial charge on any atom is -0.478 e. The Bertz CT molecular complexity index is 675. The average molecular weight is 369 g/mol. The Kier molecular flexibility index (Phi) is 4.91. The van der Waals surface area contributed by atoms with E-state index in [-0.39, 0.29) is 11.6 Å². The van der Waals surface area contributed by atoms with Gasteiger partial charge in [-0.25, -0.2) is 4.79 Å². The van der Waals surface area contributed by atoms with Gasteiger partial charge in [-0.1, -0.05) is 23.7 Å². The molecule has 0 aliphatic heterocycles. The van der Waals surface area contributed by atoms with Gasteiger partial charge in [-0.3, -0.25) is 0 Å². The van der Waals surface area contributed by atoms with Crippen LogP contribution >= 0.6 is 27.5 Å². The first-order chi connectivity index (χ1) is 9.90. The minimum atomic E-state index is -0.945. The molecule has 5 heteroatoms. The van der Waals surface area contributed by atoms with E-state index >= 15 is 0 Å². The molecule has 1 N–H and O–H groups in total. The average Bonchev–Trinajstić information content (AvgIpc) is 2.45. The molecule has 110 valence electrons. The molecule has 0 saturated heterocycles. The van der Waals surface area contributed by atoms with Crippen molar-refractivity contribution in [2.45, 2.75) is 13.0 Å². The highest BCUT2D eigenvalue weighted by Gasteiger charge is 2.15. The monoisotopic (exact) mass is 367 g/mol. The third-order valence-electron chi connectivity index (χ3n) is 3.50. The first kappa shape index (κ1) is 15.9. The van der Waals surface area contributed by atoms with Crippen molar-refractivity contribution in [2.75, 3.05) is 11.9 Å². The van der Waals surface area contributed by atoms with E-state index < -0.39 is 5.97 Å². The molecule has 0 amide bonds. The molecular weight excluding hydrogens is 354 g/mol. The van der Waals surface area contributed by atoms with Crippen LogP contribution in [0.3, 0.4) is 0 Å². The predicted octanol–water partition coefficient (Wildman–Crippen LogP) is 5.00. The first-order valence-corrected chi connectivity index (χ1v) is 7.58. The van der Waals surface area contributed by atoms with Crippen LogP contribution in [0.25, 0.3) is 0 Å². The molecule has 0 fully saturated rings. The fourth-order valence-electron chi connectivity index (χ4n) is 2.11. The van der Waals surface area contributed by atoms with Gasteiger partial charge < -0.3 is 10.0 Å². The van der Waals surface area contributed by atoms with E-state index in [1.54, 1.807) is 12.1 Å². The summed E-state index contributed by atoms with van der Waals surface area (Å²) in [6.07, 6.45) is 0. The van der Waals surface area contributed by atoms with Crippen LogP contribution in [0.1, 0.15) is 28.9 Å². The van der Waals surface area contributed by atoms with Crippen molar-refractivity contribution in [1.82, 2.24) is 0 Å². The molecule has 0 bridgehead atoms. The summed E-state index contributed by atoms with van der Waals surface area (Å²) < 4.78 is 0.567. The molecule has 0 aliphatic rings. The molecule has 0 aliphatic carbocycles. The van der Waals surface area contributed by atoms with Crippen molar-refractivity contribution < 1.29 is 9.90 Å². The summed E-state index contributed by atoms with van der Waals surface area (Å²) in [4.78, 5) is 13.1. The van der Waals surface area contributed by atoms with Gasteiger partial charge in [-0.05, 0) is 58.7 Å². The zero-order valence-corrected chi connectivity index (χ0v) is 14.0. The molecule has 2 aromatic rings. The van der Waals surface area contributed by atoms with Crippen LogP contribution in [0, 0.1) is 0 Å². The van der Waals surface area contributed by atoms with Gasteiger partial charge in [0.2, 0.25) is 0 Å². The third-order valence-corrected chi connectivity index (χ3v) is 4.39. The summed E-state index contributed by atoms with van der Waals surface area (Å²) in [5.41, 5.74) is 2.28. The Morgan fingerprint density at radius 2 is 2.00 bits per heavy atom. The first-order valence-electron chi connectivity index (χ1n) is 6.41. The molecule has 0 aromatic heterocycles. The van der Waals surface area contributed by atoms with Gasteiger partial charge in [-0.15, -0.1) is 0 Å². The lowest BCUT2D eigenvalue weighted by atomic mass is 10.1. The highest BCUT2D eigenvalue weighted by molar-refractivity contribution is 9.10. The van der Waals surface area contributed by atoms with Crippen LogP contribution in [0.4, 0.5) is 5.69 Å². The molecule has 1 atom stereocenters. The van der Waals surface area contributed by atoms with Crippen molar-refractivity contribution in [1.29, 1.82) is 0 Å². The standard InChI is InChI=1S/C16H15BrClNO2/c1-10(11-4-3-5-12(18)8-11)19(2)13-6-7-14(16(20)21)15(17)9-13/h3-10H,1-2H3,(H,20,21). The van der Waals surface area contributed by atoms with Crippen molar-refractivity contribution in [2.24, 2.45) is 0 Å². The number of hydrogen-bond donors (Lipinski definition) is 1. The minimum absolute atomic E-state index is 0.117. The second-order valence-corrected chi connectivity index (χ2v) is 6.10. The van der Waals surface area contributed by atoms with Crippen molar-refractivity contribution in [3.8, 4) is 0 Å². The van der Waals surface area contributed by atoms with E-state index in [2.05, 4.69) is 27.8 Å². The number of aromatic carboxylic acids is 1. The second-order valence-electron chi connectivity index (χ2n) is 4.81. The van der Waals surface area contributed by atoms with Crippen LogP contribution in [0.15, 0.2) is 46.9 Å². The summed E-state index contributed by atoms with van der Waals surface area (Å²) in [7, 11) is 1.97. The van der Waals surface area contributed by atoms with Gasteiger partial charge in [0.1, 0.15) is 0 Å². The Hall–Kier alpha value is -1.52. The smallest absolute Gasteiger partial charge is 0.336 e. The number of carboxylic acids is 1. The quantitative estimate of drug-likeness (QED) is 0.825. The van der Waals surface area contributed by atoms with Gasteiger partial charge in [0.15, 0.2) is 0 Å². The van der Waals surface area contributed by atoms with Gasteiger partial charge >= 0.3 is 5.97 Å². The van der Waals surface area contributed by atoms with E-state index in [0.29, 0.717) is 9.50 Å². The molecule has 0 spiro atoms. The van der Waals surface area contributed by atoms with E-state index in [4.69, 9.17) is 16.7 Å². The number of benzene rings is 2. The Morgan fingerprint density at radius 1 is 1.29 bits per heavy atom. The Balaban J connectivity index is 2.29. The van der Waals surface area contributed by atoms with Crippen molar-refractivity contribution in [3.05, 3.63) is 63.1 Å². The summed E-state index contributed by atoms with van der Waals surface area (Å²) in [5, 5.41) is 9.76. The number of hydrogen-bond acceptors (Lipinski definition) is 2. The van der Waals surface area contributed by atoms with Crippen molar-refractivity contribution in [3.63, 3.8) is 0 Å². The molecule has 1 unspecified atom stereocenters. The molecule has 3 nitrogen and oxygen atoms in total. The van der Waals surface area contributed by atoms with Crippen LogP contribution < -0.4 is 4.90 Å². The van der Waals surface area contributed by atoms with Crippen molar-refractivity contribution >= 4 is 39.2 Å². The molecular formula is C16H15BrClNO2. The lowest BCUT2D eigenvalue weighted by Gasteiger charge is -2.28. The van der Waals surface area contributed by atoms with Crippen LogP contribution in [-0.2, 0) is 0 Å². The van der Waals surface area contributed by atoms with E-state index in [1.165, 1.54) is 0 Å². The third kappa shape index (κ3) is 3.57. The highest BCUT2D eigenvalue weighted by atomic mass is 79.9. The topological polar surface area (TPSA) is 40.5 Å². The summed E-state index contributed by atoms with van der Waals surface area (Å²) in [6.45, 7) is 2.07. The van der Waals surface area contributed by atoms with E-state index in [9.17, 15) is 4.79 Å². The number of rotatable bonds is 4. The van der Waals surface area contributed by atoms with Gasteiger partial charge in [-0.2, -0.15) is 0 Å². The fraction of sp³-hybridized carbons (Fsp3) is 0.188. The largest absolute Gasteiger partial charge is 0.478 e. The second kappa shape index (κ2) is 6.50. The molecule has 2 rings (SSSR count). The van der Waals surface area contributed by atoms with Gasteiger partial charge in [0.05, 0.1) is 11.6 Å². The van der Waals surface area contributed by atoms with Gasteiger partial charge in [0, 0.05) is 22.2 Å². The summed E-state index contributed by atoms with van der Waals surface area (Å²) in [6, 6.07) is 13.0. The Morgan fingerprint density at radius 3 is 2.57 bits per heavy atom. The van der Waals surface area contributed by atoms with E-state index in [0.717, 1.165) is 11.3 Å². The summed E-state index contributed by atoms with van der Waals surface area (Å²) in [5.74, 6) is -0.945. The number of nitrogens with zero attached hydrogens (tertiary/aromatic N) is 1. The normalized spacial score (nSPS) is 12.0. The lowest BCUT2D eigenvalue weighted by Crippen LogP contribution is -2.21. The number of anilines is 1. The zero-order chi connectivity index (χ0) is 15.6. The molecule has 2 aromatic carbocycles. The maximum atomic E-state index is 11.0. The zero-order valence-electron chi connectivity index (χ0n) is 11.7. The SMILES string of the molecule is CC(c1cccc(Cl)c1)N(C)c1ccc(C(=O)O)c(Br)c1. The van der Waals surface area contributed by atoms with E-state index in [1.807, 2.05) is 37.4 Å². The molecule has 0 heterocycles. The van der Waals surface area contributed by atoms with Crippen LogP contribution in [0.5, 0.6) is 0 Å². The maximum absolute atomic E-state index is 11.0. The number of halogens is 2. The highest BCUT2D eigenvalue weighted by Crippen LogP contribution is 2.30.